The molecule has 0 spiro atoms. The minimum atomic E-state index is -1.07. The van der Waals surface area contributed by atoms with Crippen molar-refractivity contribution in [3.63, 3.8) is 0 Å². The molecule has 0 saturated carbocycles. The number of nitrogens with two attached hydrogens (primary N) is 1. The molecule has 0 bridgehead atoms. The number of para-hydroxylation sites is 1. The second kappa shape index (κ2) is 13.1. The van der Waals surface area contributed by atoms with Gasteiger partial charge < -0.3 is 29.6 Å². The number of benzene rings is 2. The van der Waals surface area contributed by atoms with E-state index >= 15 is 4.39 Å². The van der Waals surface area contributed by atoms with Crippen molar-refractivity contribution in [2.75, 3.05) is 32.2 Å². The minimum absolute atomic E-state index is 0.0295. The molecule has 0 aliphatic carbocycles. The van der Waals surface area contributed by atoms with Crippen LogP contribution in [0.5, 0.6) is 5.75 Å². The summed E-state index contributed by atoms with van der Waals surface area (Å²) in [6, 6.07) is 14.6. The lowest BCUT2D eigenvalue weighted by Gasteiger charge is -2.37. The van der Waals surface area contributed by atoms with Crippen molar-refractivity contribution in [2.24, 2.45) is 5.73 Å². The topological polar surface area (TPSA) is 144 Å². The number of ether oxygens (including phenoxy) is 4. The van der Waals surface area contributed by atoms with E-state index in [4.69, 9.17) is 24.7 Å². The van der Waals surface area contributed by atoms with E-state index in [1.54, 1.807) is 56.0 Å². The highest BCUT2D eigenvalue weighted by Gasteiger charge is 2.44. The van der Waals surface area contributed by atoms with E-state index in [-0.39, 0.29) is 34.1 Å². The van der Waals surface area contributed by atoms with E-state index in [1.807, 2.05) is 0 Å². The van der Waals surface area contributed by atoms with Gasteiger partial charge in [-0.15, -0.1) is 0 Å². The summed E-state index contributed by atoms with van der Waals surface area (Å²) in [6.07, 6.45) is -0.234. The number of carbonyl (C=O) groups is 3. The van der Waals surface area contributed by atoms with Crippen LogP contribution >= 0.6 is 0 Å². The fourth-order valence-corrected chi connectivity index (χ4v) is 5.20. The SMILES string of the molecule is COC(=O)C1=C(C(=O)OC)N(c2cccc(F)c2OC2CCN(C(=O)OC(C)(C)C)CC2)C(N)=C(C#N)C1c1ccccc1. The first-order valence-electron chi connectivity index (χ1n) is 14.0. The molecule has 0 radical (unpaired) electrons. The summed E-state index contributed by atoms with van der Waals surface area (Å²) < 4.78 is 37.3. The number of esters is 2. The molecular weight excluding hydrogens is 571 g/mol. The number of allylic oxidation sites excluding steroid dienone is 1. The summed E-state index contributed by atoms with van der Waals surface area (Å²) in [5, 5.41) is 10.3. The van der Waals surface area contributed by atoms with E-state index < -0.39 is 41.5 Å². The fraction of sp³-hybridized carbons (Fsp3) is 0.375. The van der Waals surface area contributed by atoms with Gasteiger partial charge in [0.1, 0.15) is 23.2 Å². The van der Waals surface area contributed by atoms with Crippen LogP contribution in [-0.2, 0) is 23.8 Å². The van der Waals surface area contributed by atoms with Crippen molar-refractivity contribution < 1.29 is 37.7 Å². The van der Waals surface area contributed by atoms with Crippen LogP contribution in [0.25, 0.3) is 0 Å². The summed E-state index contributed by atoms with van der Waals surface area (Å²) in [5.41, 5.74) is 5.79. The number of amides is 1. The van der Waals surface area contributed by atoms with Crippen molar-refractivity contribution >= 4 is 23.7 Å². The molecule has 2 heterocycles. The first-order valence-corrected chi connectivity index (χ1v) is 14.0. The Morgan fingerprint density at radius 2 is 1.61 bits per heavy atom. The number of piperidine rings is 1. The number of methoxy groups -OCH3 is 2. The molecule has 1 atom stereocenters. The summed E-state index contributed by atoms with van der Waals surface area (Å²) in [7, 11) is 2.27. The molecule has 12 heteroatoms. The van der Waals surface area contributed by atoms with Crippen molar-refractivity contribution in [1.82, 2.24) is 4.90 Å². The molecule has 4 rings (SSSR count). The Bertz CT molecular complexity index is 1530. The summed E-state index contributed by atoms with van der Waals surface area (Å²) >= 11 is 0. The number of halogens is 1. The molecule has 2 aliphatic heterocycles. The maximum atomic E-state index is 15.5. The Hall–Kier alpha value is -5.05. The van der Waals surface area contributed by atoms with Gasteiger partial charge in [0, 0.05) is 25.9 Å². The van der Waals surface area contributed by atoms with Crippen molar-refractivity contribution in [3.05, 3.63) is 82.6 Å². The second-order valence-electron chi connectivity index (χ2n) is 11.2. The Labute approximate surface area is 255 Å². The van der Waals surface area contributed by atoms with Crippen molar-refractivity contribution in [2.45, 2.75) is 51.2 Å². The molecule has 44 heavy (non-hydrogen) atoms. The van der Waals surface area contributed by atoms with Crippen LogP contribution in [0.15, 0.2) is 71.2 Å². The Morgan fingerprint density at radius 3 is 2.18 bits per heavy atom. The van der Waals surface area contributed by atoms with Crippen LogP contribution < -0.4 is 15.4 Å². The predicted octanol–water partition coefficient (Wildman–Crippen LogP) is 4.50. The van der Waals surface area contributed by atoms with E-state index in [2.05, 4.69) is 6.07 Å². The Balaban J connectivity index is 1.79. The molecule has 2 aromatic rings. The number of hydrogen-bond donors (Lipinski definition) is 1. The highest BCUT2D eigenvalue weighted by molar-refractivity contribution is 6.06. The number of nitriles is 1. The van der Waals surface area contributed by atoms with E-state index in [0.29, 0.717) is 31.5 Å². The van der Waals surface area contributed by atoms with Gasteiger partial charge in [-0.25, -0.2) is 18.8 Å². The van der Waals surface area contributed by atoms with Crippen molar-refractivity contribution in [3.8, 4) is 11.8 Å². The summed E-state index contributed by atoms with van der Waals surface area (Å²) in [5.74, 6) is -4.19. The molecule has 1 fully saturated rings. The summed E-state index contributed by atoms with van der Waals surface area (Å²) in [4.78, 5) is 41.9. The third kappa shape index (κ3) is 6.46. The molecule has 232 valence electrons. The molecular formula is C32H35FN4O7. The van der Waals surface area contributed by atoms with Crippen LogP contribution in [0.3, 0.4) is 0 Å². The summed E-state index contributed by atoms with van der Waals surface area (Å²) in [6.45, 7) is 5.97. The van der Waals surface area contributed by atoms with Gasteiger partial charge in [0.25, 0.3) is 0 Å². The van der Waals surface area contributed by atoms with Crippen LogP contribution in [0, 0.1) is 17.1 Å². The number of likely N-dealkylation sites (tertiary alicyclic amines) is 1. The molecule has 1 saturated heterocycles. The van der Waals surface area contributed by atoms with Gasteiger partial charge in [-0.1, -0.05) is 36.4 Å². The van der Waals surface area contributed by atoms with Gasteiger partial charge in [-0.3, -0.25) is 4.90 Å². The van der Waals surface area contributed by atoms with Gasteiger partial charge in [-0.2, -0.15) is 5.26 Å². The first-order chi connectivity index (χ1) is 20.9. The van der Waals surface area contributed by atoms with Crippen LogP contribution in [0.2, 0.25) is 0 Å². The monoisotopic (exact) mass is 606 g/mol. The normalized spacial score (nSPS) is 17.6. The van der Waals surface area contributed by atoms with Gasteiger partial charge in [0.05, 0.1) is 43.0 Å². The largest absolute Gasteiger partial charge is 0.485 e. The number of anilines is 1. The molecule has 1 unspecified atom stereocenters. The molecule has 2 N–H and O–H groups in total. The maximum absolute atomic E-state index is 15.5. The lowest BCUT2D eigenvalue weighted by atomic mass is 9.81. The molecule has 0 aromatic heterocycles. The smallest absolute Gasteiger partial charge is 0.410 e. The number of rotatable bonds is 6. The highest BCUT2D eigenvalue weighted by Crippen LogP contribution is 2.46. The average molecular weight is 607 g/mol. The molecule has 2 aliphatic rings. The van der Waals surface area contributed by atoms with Gasteiger partial charge >= 0.3 is 18.0 Å². The van der Waals surface area contributed by atoms with E-state index in [1.165, 1.54) is 18.2 Å². The van der Waals surface area contributed by atoms with E-state index in [0.717, 1.165) is 19.1 Å². The maximum Gasteiger partial charge on any atom is 0.410 e. The van der Waals surface area contributed by atoms with E-state index in [9.17, 15) is 19.6 Å². The standard InChI is InChI=1S/C32H35FN4O7/c1-32(2,3)44-31(40)36-16-14-20(15-17-36)43-27-22(33)12-9-13-23(27)37-26(30(39)42-5)25(29(38)41-4)24(21(18-34)28(37)35)19-10-7-6-8-11-19/h6-13,20,24H,14-17,35H2,1-5H3. The number of carbonyl (C=O) groups excluding carboxylic acids is 3. The molecule has 1 amide bonds. The van der Waals surface area contributed by atoms with Gasteiger partial charge in [0.15, 0.2) is 11.6 Å². The van der Waals surface area contributed by atoms with Crippen LogP contribution in [-0.4, -0.2) is 61.9 Å². The zero-order chi connectivity index (χ0) is 32.2. The molecule has 2 aromatic carbocycles. The number of hydrogen-bond acceptors (Lipinski definition) is 10. The lowest BCUT2D eigenvalue weighted by Crippen LogP contribution is -2.44. The first kappa shape index (κ1) is 31.9. The Kier molecular flexibility index (Phi) is 9.47. The highest BCUT2D eigenvalue weighted by atomic mass is 19.1. The molecule has 11 nitrogen and oxygen atoms in total. The third-order valence-electron chi connectivity index (χ3n) is 7.18. The van der Waals surface area contributed by atoms with Crippen molar-refractivity contribution in [1.29, 1.82) is 5.26 Å². The quantitative estimate of drug-likeness (QED) is 0.369. The van der Waals surface area contributed by atoms with Gasteiger partial charge in [0.2, 0.25) is 0 Å². The lowest BCUT2D eigenvalue weighted by molar-refractivity contribution is -0.139. The third-order valence-corrected chi connectivity index (χ3v) is 7.18. The van der Waals surface area contributed by atoms with Crippen LogP contribution in [0.4, 0.5) is 14.9 Å². The zero-order valence-corrected chi connectivity index (χ0v) is 25.3. The predicted molar refractivity (Wildman–Crippen MR) is 157 cm³/mol. The Morgan fingerprint density at radius 1 is 0.977 bits per heavy atom. The number of nitrogens with zero attached hydrogens (tertiary/aromatic N) is 3. The minimum Gasteiger partial charge on any atom is -0.485 e. The van der Waals surface area contributed by atoms with Gasteiger partial charge in [-0.05, 0) is 38.5 Å². The second-order valence-corrected chi connectivity index (χ2v) is 11.2. The van der Waals surface area contributed by atoms with Crippen LogP contribution in [0.1, 0.15) is 45.1 Å². The fourth-order valence-electron chi connectivity index (χ4n) is 5.20. The average Bonchev–Trinajstić information content (AvgIpc) is 3.00. The zero-order valence-electron chi connectivity index (χ0n) is 25.3.